The second-order valence-electron chi connectivity index (χ2n) is 7.87. The largest absolute Gasteiger partial charge is 1.00 e. The zero-order valence-corrected chi connectivity index (χ0v) is 22.9. The van der Waals surface area contributed by atoms with E-state index < -0.39 is 15.3 Å². The molecule has 10 heteroatoms. The molecule has 1 saturated carbocycles. The van der Waals surface area contributed by atoms with Gasteiger partial charge in [0.2, 0.25) is 0 Å². The molecule has 1 aliphatic carbocycles. The number of benzene rings is 2. The molecule has 1 fully saturated rings. The normalized spacial score (nSPS) is 14.5. The average Bonchev–Trinajstić information content (AvgIpc) is 2.81. The molecule has 0 unspecified atom stereocenters. The van der Waals surface area contributed by atoms with Gasteiger partial charge < -0.3 is 24.9 Å². The summed E-state index contributed by atoms with van der Waals surface area (Å²) < 4.78 is 35.6. The molecule has 0 amide bonds. The summed E-state index contributed by atoms with van der Waals surface area (Å²) in [6.07, 6.45) is 4.49. The number of nitrogens with one attached hydrogen (secondary N) is 1. The number of hydrogen-bond donors (Lipinski definition) is 2. The first-order valence-electron chi connectivity index (χ1n) is 10.8. The molecule has 1 aliphatic rings. The summed E-state index contributed by atoms with van der Waals surface area (Å²) >= 11 is 0. The van der Waals surface area contributed by atoms with Crippen LogP contribution in [0.25, 0.3) is 15.8 Å². The van der Waals surface area contributed by atoms with E-state index in [1.54, 1.807) is 25.3 Å². The second kappa shape index (κ2) is 11.9. The van der Waals surface area contributed by atoms with Crippen molar-refractivity contribution >= 4 is 38.4 Å². The Morgan fingerprint density at radius 2 is 1.79 bits per heavy atom. The number of methoxy groups -OCH3 is 1. The molecule has 0 atom stereocenters. The summed E-state index contributed by atoms with van der Waals surface area (Å²) in [5, 5.41) is 12.2. The van der Waals surface area contributed by atoms with Crippen LogP contribution in [0.15, 0.2) is 42.5 Å². The molecular formula is C23H27KN4O4S. The molecule has 0 aliphatic heterocycles. The van der Waals surface area contributed by atoms with Crippen molar-refractivity contribution in [1.82, 2.24) is 9.97 Å². The summed E-state index contributed by atoms with van der Waals surface area (Å²) in [6, 6.07) is 12.7. The van der Waals surface area contributed by atoms with E-state index in [0.717, 1.165) is 24.8 Å². The molecule has 2 N–H and O–H groups in total. The van der Waals surface area contributed by atoms with Crippen LogP contribution in [0.5, 0.6) is 5.75 Å². The minimum atomic E-state index is -3.74. The quantitative estimate of drug-likeness (QED) is 0.457. The molecule has 1 heterocycles. The van der Waals surface area contributed by atoms with Crippen LogP contribution in [0.2, 0.25) is 0 Å². The molecule has 0 spiro atoms. The van der Waals surface area contributed by atoms with Crippen LogP contribution < -0.4 is 61.4 Å². The fourth-order valence-corrected chi connectivity index (χ4v) is 5.41. The third-order valence-electron chi connectivity index (χ3n) is 5.69. The molecule has 1 aromatic heterocycles. The number of nitrogens with zero attached hydrogens (tertiary/aromatic N) is 3. The van der Waals surface area contributed by atoms with Crippen LogP contribution in [0.1, 0.15) is 37.7 Å². The van der Waals surface area contributed by atoms with Crippen molar-refractivity contribution < 1.29 is 69.6 Å². The monoisotopic (exact) mass is 494 g/mol. The van der Waals surface area contributed by atoms with E-state index in [4.69, 9.17) is 4.74 Å². The standard InChI is InChI=1S/C23H27N4O4S.K/c1-31-17-12-11-16(13-14-28)21(15-17)26-22-23(25-20-10-6-5-9-19(20)24-22)27-32(29,30)18-7-3-2-4-8-18;/h5-6,9-12,15,18,28H,2-4,7-8,13-14H2,1H3,(H-,24,25,26,27);/q-1;+1. The second-order valence-corrected chi connectivity index (χ2v) is 9.75. The Balaban J connectivity index is 0.00000306. The number of fused-ring (bicyclic) bond motifs is 1. The predicted molar refractivity (Wildman–Crippen MR) is 125 cm³/mol. The van der Waals surface area contributed by atoms with Gasteiger partial charge in [0, 0.05) is 18.4 Å². The molecule has 3 aromatic rings. The molecule has 33 heavy (non-hydrogen) atoms. The number of aliphatic hydroxyl groups excluding tert-OH is 1. The van der Waals surface area contributed by atoms with Gasteiger partial charge in [-0.25, -0.2) is 13.4 Å². The summed E-state index contributed by atoms with van der Waals surface area (Å²) in [6.45, 7) is -0.0301. The number of anilines is 2. The fourth-order valence-electron chi connectivity index (χ4n) is 3.96. The topological polar surface area (TPSA) is 116 Å². The third kappa shape index (κ3) is 6.44. The Morgan fingerprint density at radius 3 is 2.45 bits per heavy atom. The van der Waals surface area contributed by atoms with Crippen molar-refractivity contribution in [2.24, 2.45) is 0 Å². The Hall–Kier alpha value is -1.27. The zero-order chi connectivity index (χ0) is 22.6. The van der Waals surface area contributed by atoms with E-state index in [0.29, 0.717) is 41.7 Å². The maximum absolute atomic E-state index is 13.1. The van der Waals surface area contributed by atoms with Gasteiger partial charge in [-0.1, -0.05) is 43.5 Å². The SMILES string of the molecule is COc1ccc(CCO)c(Nc2nc3ccccc3nc2[N-]S(=O)(=O)C2CCCCC2)c1.[K+]. The van der Waals surface area contributed by atoms with E-state index in [9.17, 15) is 13.5 Å². The first-order chi connectivity index (χ1) is 15.5. The van der Waals surface area contributed by atoms with Crippen LogP contribution in [0, 0.1) is 0 Å². The number of sulfonamides is 1. The minimum absolute atomic E-state index is 0. The Morgan fingerprint density at radius 1 is 1.09 bits per heavy atom. The van der Waals surface area contributed by atoms with Crippen molar-refractivity contribution in [2.75, 3.05) is 19.0 Å². The minimum Gasteiger partial charge on any atom is -0.497 e. The molecule has 0 radical (unpaired) electrons. The van der Waals surface area contributed by atoms with E-state index in [-0.39, 0.29) is 69.6 Å². The Labute approximate surface area is 237 Å². The summed E-state index contributed by atoms with van der Waals surface area (Å²) in [4.78, 5) is 9.14. The van der Waals surface area contributed by atoms with Crippen LogP contribution >= 0.6 is 0 Å². The predicted octanol–water partition coefficient (Wildman–Crippen LogP) is 1.59. The smallest absolute Gasteiger partial charge is 0.497 e. The van der Waals surface area contributed by atoms with Crippen molar-refractivity contribution in [3.63, 3.8) is 0 Å². The number of aliphatic hydroxyl groups is 1. The summed E-state index contributed by atoms with van der Waals surface area (Å²) in [5.41, 5.74) is 2.67. The van der Waals surface area contributed by atoms with Crippen molar-refractivity contribution in [3.8, 4) is 5.75 Å². The molecule has 0 bridgehead atoms. The number of aromatic nitrogens is 2. The van der Waals surface area contributed by atoms with Gasteiger partial charge in [-0.15, -0.1) is 0 Å². The van der Waals surface area contributed by atoms with E-state index >= 15 is 0 Å². The van der Waals surface area contributed by atoms with E-state index in [1.807, 2.05) is 24.3 Å². The number of hydrogen-bond acceptors (Lipinski definition) is 7. The van der Waals surface area contributed by atoms with Crippen molar-refractivity contribution in [1.29, 1.82) is 0 Å². The maximum atomic E-state index is 13.1. The van der Waals surface area contributed by atoms with Crippen molar-refractivity contribution in [2.45, 2.75) is 43.8 Å². The molecule has 170 valence electrons. The van der Waals surface area contributed by atoms with Gasteiger partial charge in [0.25, 0.3) is 0 Å². The number of ether oxygens (including phenoxy) is 1. The molecule has 4 rings (SSSR count). The third-order valence-corrected chi connectivity index (χ3v) is 7.43. The van der Waals surface area contributed by atoms with E-state index in [2.05, 4.69) is 20.0 Å². The van der Waals surface area contributed by atoms with Crippen LogP contribution in [0.3, 0.4) is 0 Å². The van der Waals surface area contributed by atoms with Gasteiger partial charge in [0.15, 0.2) is 10.0 Å². The zero-order valence-electron chi connectivity index (χ0n) is 19.0. The van der Waals surface area contributed by atoms with Crippen LogP contribution in [0.4, 0.5) is 17.3 Å². The van der Waals surface area contributed by atoms with E-state index in [1.165, 1.54) is 0 Å². The number of para-hydroxylation sites is 2. The van der Waals surface area contributed by atoms with Gasteiger partial charge in [-0.05, 0) is 48.3 Å². The van der Waals surface area contributed by atoms with Crippen LogP contribution in [-0.2, 0) is 16.4 Å². The Kier molecular flexibility index (Phi) is 9.51. The van der Waals surface area contributed by atoms with Gasteiger partial charge in [-0.2, -0.15) is 0 Å². The fraction of sp³-hybridized carbons (Fsp3) is 0.391. The van der Waals surface area contributed by atoms with Gasteiger partial charge >= 0.3 is 51.4 Å². The molecule has 8 nitrogen and oxygen atoms in total. The molecular weight excluding hydrogens is 467 g/mol. The molecule has 2 aromatic carbocycles. The average molecular weight is 495 g/mol. The first kappa shape index (κ1) is 26.3. The van der Waals surface area contributed by atoms with Gasteiger partial charge in [-0.3, -0.25) is 0 Å². The summed E-state index contributed by atoms with van der Waals surface area (Å²) in [7, 11) is -2.17. The molecule has 0 saturated heterocycles. The van der Waals surface area contributed by atoms with Crippen LogP contribution in [-0.4, -0.2) is 42.5 Å². The maximum Gasteiger partial charge on any atom is 1.00 e. The summed E-state index contributed by atoms with van der Waals surface area (Å²) in [5.74, 6) is 0.902. The van der Waals surface area contributed by atoms with Crippen molar-refractivity contribution in [3.05, 3.63) is 52.8 Å². The van der Waals surface area contributed by atoms with Gasteiger partial charge in [0.1, 0.15) is 11.6 Å². The van der Waals surface area contributed by atoms with Gasteiger partial charge in [0.05, 0.1) is 17.9 Å². The first-order valence-corrected chi connectivity index (χ1v) is 12.3. The Bertz CT molecular complexity index is 1200. The number of rotatable bonds is 8.